The average molecular weight is 244 g/mol. The summed E-state index contributed by atoms with van der Waals surface area (Å²) >= 11 is 3.50. The third kappa shape index (κ3) is 2.81. The highest BCUT2D eigenvalue weighted by Crippen LogP contribution is 2.25. The first-order valence-corrected chi connectivity index (χ1v) is 6.74. The quantitative estimate of drug-likeness (QED) is 0.657. The molecule has 2 aromatic rings. The summed E-state index contributed by atoms with van der Waals surface area (Å²) in [5, 5.41) is 4.19. The molecule has 0 atom stereocenters. The Morgan fingerprint density at radius 2 is 1.94 bits per heavy atom. The zero-order valence-electron chi connectivity index (χ0n) is 8.80. The minimum atomic E-state index is 1.23. The van der Waals surface area contributed by atoms with Crippen molar-refractivity contribution in [2.24, 2.45) is 0 Å². The van der Waals surface area contributed by atoms with Gasteiger partial charge >= 0.3 is 0 Å². The van der Waals surface area contributed by atoms with Crippen LogP contribution in [-0.4, -0.2) is 0 Å². The molecule has 16 heavy (non-hydrogen) atoms. The van der Waals surface area contributed by atoms with Crippen LogP contribution < -0.4 is 0 Å². The smallest absolute Gasteiger partial charge is 0.0343 e. The Bertz CT molecular complexity index is 485. The highest BCUT2D eigenvalue weighted by atomic mass is 32.1. The van der Waals surface area contributed by atoms with Crippen molar-refractivity contribution >= 4 is 34.3 Å². The SMILES string of the molecule is C=C/C=C/C(=C/c1cccs1)c1cccs1. The van der Waals surface area contributed by atoms with E-state index in [0.717, 1.165) is 0 Å². The van der Waals surface area contributed by atoms with E-state index in [-0.39, 0.29) is 0 Å². The summed E-state index contributed by atoms with van der Waals surface area (Å²) < 4.78 is 0. The van der Waals surface area contributed by atoms with Crippen LogP contribution in [0.25, 0.3) is 11.6 Å². The van der Waals surface area contributed by atoms with Gasteiger partial charge in [0.25, 0.3) is 0 Å². The summed E-state index contributed by atoms with van der Waals surface area (Å²) in [6.45, 7) is 3.70. The van der Waals surface area contributed by atoms with Crippen molar-refractivity contribution in [1.29, 1.82) is 0 Å². The number of hydrogen-bond donors (Lipinski definition) is 0. The summed E-state index contributed by atoms with van der Waals surface area (Å²) in [6.07, 6.45) is 8.07. The fourth-order valence-electron chi connectivity index (χ4n) is 1.34. The molecule has 0 aliphatic rings. The van der Waals surface area contributed by atoms with Crippen molar-refractivity contribution in [2.75, 3.05) is 0 Å². The second kappa shape index (κ2) is 5.64. The fourth-order valence-corrected chi connectivity index (χ4v) is 2.73. The molecular weight excluding hydrogens is 232 g/mol. The first-order chi connectivity index (χ1) is 7.90. The Hall–Kier alpha value is -1.38. The minimum Gasteiger partial charge on any atom is -0.144 e. The zero-order valence-corrected chi connectivity index (χ0v) is 10.4. The third-order valence-corrected chi connectivity index (χ3v) is 3.80. The van der Waals surface area contributed by atoms with E-state index in [1.807, 2.05) is 6.08 Å². The van der Waals surface area contributed by atoms with Crippen LogP contribution in [0.4, 0.5) is 0 Å². The number of allylic oxidation sites excluding steroid dienone is 4. The van der Waals surface area contributed by atoms with Crippen LogP contribution in [0.2, 0.25) is 0 Å². The maximum Gasteiger partial charge on any atom is 0.0343 e. The molecular formula is C14H12S2. The normalized spacial score (nSPS) is 12.1. The van der Waals surface area contributed by atoms with Crippen LogP contribution in [0, 0.1) is 0 Å². The fraction of sp³-hybridized carbons (Fsp3) is 0. The summed E-state index contributed by atoms with van der Waals surface area (Å²) in [6, 6.07) is 8.40. The van der Waals surface area contributed by atoms with Crippen LogP contribution in [0.1, 0.15) is 9.75 Å². The third-order valence-electron chi connectivity index (χ3n) is 2.06. The van der Waals surface area contributed by atoms with Crippen LogP contribution in [0.15, 0.2) is 59.8 Å². The summed E-state index contributed by atoms with van der Waals surface area (Å²) in [5.74, 6) is 0. The van der Waals surface area contributed by atoms with Crippen molar-refractivity contribution in [3.63, 3.8) is 0 Å². The van der Waals surface area contributed by atoms with E-state index in [1.165, 1.54) is 15.3 Å². The molecule has 0 aromatic carbocycles. The molecule has 0 aliphatic carbocycles. The summed E-state index contributed by atoms with van der Waals surface area (Å²) in [7, 11) is 0. The topological polar surface area (TPSA) is 0 Å². The van der Waals surface area contributed by atoms with Gasteiger partial charge in [0.1, 0.15) is 0 Å². The van der Waals surface area contributed by atoms with E-state index in [0.29, 0.717) is 0 Å². The standard InChI is InChI=1S/C14H12S2/c1-2-3-6-12(14-8-5-10-16-14)11-13-7-4-9-15-13/h2-11H,1H2/b6-3+,12-11-. The van der Waals surface area contributed by atoms with Crippen molar-refractivity contribution in [3.8, 4) is 0 Å². The van der Waals surface area contributed by atoms with Crippen LogP contribution >= 0.6 is 22.7 Å². The zero-order chi connectivity index (χ0) is 11.2. The molecule has 80 valence electrons. The van der Waals surface area contributed by atoms with Crippen molar-refractivity contribution in [1.82, 2.24) is 0 Å². The highest BCUT2D eigenvalue weighted by Gasteiger charge is 1.99. The van der Waals surface area contributed by atoms with Gasteiger partial charge in [0.2, 0.25) is 0 Å². The van der Waals surface area contributed by atoms with E-state index < -0.39 is 0 Å². The van der Waals surface area contributed by atoms with Gasteiger partial charge in [0.15, 0.2) is 0 Å². The minimum absolute atomic E-state index is 1.23. The van der Waals surface area contributed by atoms with Gasteiger partial charge in [-0.3, -0.25) is 0 Å². The molecule has 0 aliphatic heterocycles. The van der Waals surface area contributed by atoms with Gasteiger partial charge in [0.05, 0.1) is 0 Å². The van der Waals surface area contributed by atoms with E-state index in [2.05, 4.69) is 53.8 Å². The Morgan fingerprint density at radius 3 is 2.56 bits per heavy atom. The second-order valence-electron chi connectivity index (χ2n) is 3.19. The van der Waals surface area contributed by atoms with Crippen molar-refractivity contribution in [3.05, 3.63) is 69.6 Å². The molecule has 0 amide bonds. The maximum absolute atomic E-state index is 3.70. The number of hydrogen-bond acceptors (Lipinski definition) is 2. The lowest BCUT2D eigenvalue weighted by molar-refractivity contribution is 1.85. The molecule has 0 unspecified atom stereocenters. The Labute approximate surface area is 104 Å². The van der Waals surface area contributed by atoms with Crippen molar-refractivity contribution < 1.29 is 0 Å². The van der Waals surface area contributed by atoms with Crippen LogP contribution in [0.5, 0.6) is 0 Å². The highest BCUT2D eigenvalue weighted by molar-refractivity contribution is 7.12. The van der Waals surface area contributed by atoms with E-state index in [9.17, 15) is 0 Å². The van der Waals surface area contributed by atoms with Crippen LogP contribution in [-0.2, 0) is 0 Å². The Balaban J connectivity index is 2.35. The first kappa shape index (κ1) is 11.1. The molecule has 0 N–H and O–H groups in total. The average Bonchev–Trinajstić information content (AvgIpc) is 2.96. The van der Waals surface area contributed by atoms with Gasteiger partial charge in [-0.15, -0.1) is 22.7 Å². The molecule has 2 rings (SSSR count). The monoisotopic (exact) mass is 244 g/mol. The molecule has 2 aromatic heterocycles. The van der Waals surface area contributed by atoms with E-state index >= 15 is 0 Å². The van der Waals surface area contributed by atoms with E-state index in [4.69, 9.17) is 0 Å². The molecule has 0 saturated heterocycles. The first-order valence-electron chi connectivity index (χ1n) is 4.98. The van der Waals surface area contributed by atoms with Gasteiger partial charge < -0.3 is 0 Å². The Morgan fingerprint density at radius 1 is 1.12 bits per heavy atom. The predicted octanol–water partition coefficient (Wildman–Crippen LogP) is 5.09. The lowest BCUT2D eigenvalue weighted by Crippen LogP contribution is -1.73. The molecule has 0 spiro atoms. The molecule has 0 radical (unpaired) electrons. The predicted molar refractivity (Wildman–Crippen MR) is 75.8 cm³/mol. The molecule has 2 heterocycles. The van der Waals surface area contributed by atoms with E-state index in [1.54, 1.807) is 28.7 Å². The number of rotatable bonds is 4. The lowest BCUT2D eigenvalue weighted by atomic mass is 10.2. The second-order valence-corrected chi connectivity index (χ2v) is 5.11. The number of thiophene rings is 2. The van der Waals surface area contributed by atoms with Gasteiger partial charge in [-0.2, -0.15) is 0 Å². The molecule has 2 heteroatoms. The van der Waals surface area contributed by atoms with Crippen LogP contribution in [0.3, 0.4) is 0 Å². The largest absolute Gasteiger partial charge is 0.144 e. The van der Waals surface area contributed by atoms with Crippen molar-refractivity contribution in [2.45, 2.75) is 0 Å². The maximum atomic E-state index is 3.70. The Kier molecular flexibility index (Phi) is 3.91. The lowest BCUT2D eigenvalue weighted by Gasteiger charge is -1.97. The molecule has 0 fully saturated rings. The molecule has 0 bridgehead atoms. The molecule has 0 nitrogen and oxygen atoms in total. The summed E-state index contributed by atoms with van der Waals surface area (Å²) in [4.78, 5) is 2.56. The molecule has 0 saturated carbocycles. The van der Waals surface area contributed by atoms with Gasteiger partial charge in [-0.05, 0) is 34.5 Å². The van der Waals surface area contributed by atoms with Gasteiger partial charge in [-0.1, -0.05) is 36.9 Å². The summed E-state index contributed by atoms with van der Waals surface area (Å²) in [5.41, 5.74) is 1.23. The van der Waals surface area contributed by atoms with Gasteiger partial charge in [-0.25, -0.2) is 0 Å². The van der Waals surface area contributed by atoms with Gasteiger partial charge in [0, 0.05) is 9.75 Å².